The van der Waals surface area contributed by atoms with Crippen molar-refractivity contribution in [2.24, 2.45) is 0 Å². The number of aromatic hydroxyl groups is 2. The van der Waals surface area contributed by atoms with Crippen molar-refractivity contribution in [3.8, 4) is 23.0 Å². The smallest absolute Gasteiger partial charge is 0.342 e. The predicted molar refractivity (Wildman–Crippen MR) is 129 cm³/mol. The minimum atomic E-state index is -1.18. The third-order valence-corrected chi connectivity index (χ3v) is 4.41. The van der Waals surface area contributed by atoms with Crippen molar-refractivity contribution in [1.29, 1.82) is 0 Å². The number of methoxy groups -OCH3 is 2. The van der Waals surface area contributed by atoms with E-state index in [2.05, 4.69) is 0 Å². The van der Waals surface area contributed by atoms with E-state index < -0.39 is 5.97 Å². The van der Waals surface area contributed by atoms with Gasteiger partial charge in [-0.1, -0.05) is 31.2 Å². The van der Waals surface area contributed by atoms with Crippen LogP contribution in [0.5, 0.6) is 23.0 Å². The molecule has 0 saturated carbocycles. The fraction of sp³-hybridized carbons (Fsp3) is 0.192. The van der Waals surface area contributed by atoms with Gasteiger partial charge in [0.1, 0.15) is 11.5 Å². The van der Waals surface area contributed by atoms with Crippen LogP contribution in [0.15, 0.2) is 54.1 Å². The molecular formula is C26H26O9. The number of ketones is 2. The molecule has 0 aliphatic carbocycles. The molecule has 9 heteroatoms. The summed E-state index contributed by atoms with van der Waals surface area (Å²) in [5.74, 6) is 0.0568. The lowest BCUT2D eigenvalue weighted by Crippen LogP contribution is -2.01. The first kappa shape index (κ1) is 28.4. The summed E-state index contributed by atoms with van der Waals surface area (Å²) in [6.45, 7) is 1.59. The molecule has 2 aromatic rings. The second-order valence-electron chi connectivity index (χ2n) is 6.88. The van der Waals surface area contributed by atoms with Crippen molar-refractivity contribution in [1.82, 2.24) is 0 Å². The predicted octanol–water partition coefficient (Wildman–Crippen LogP) is 3.61. The molecule has 3 N–H and O–H groups in total. The number of carbonyl (C=O) groups is 3. The Kier molecular flexibility index (Phi) is 11.8. The quantitative estimate of drug-likeness (QED) is 0.262. The van der Waals surface area contributed by atoms with Gasteiger partial charge in [0.05, 0.1) is 20.6 Å². The van der Waals surface area contributed by atoms with Crippen LogP contribution in [-0.2, 0) is 19.2 Å². The van der Waals surface area contributed by atoms with Crippen molar-refractivity contribution in [2.75, 3.05) is 14.2 Å². The van der Waals surface area contributed by atoms with Gasteiger partial charge in [0.15, 0.2) is 34.6 Å². The number of hydrogen-bond acceptors (Lipinski definition) is 8. The molecule has 0 heterocycles. The first-order chi connectivity index (χ1) is 16.6. The van der Waals surface area contributed by atoms with Crippen LogP contribution < -0.4 is 9.47 Å². The number of carboxylic acids is 1. The highest BCUT2D eigenvalue weighted by molar-refractivity contribution is 6.10. The zero-order valence-corrected chi connectivity index (χ0v) is 19.5. The lowest BCUT2D eigenvalue weighted by Gasteiger charge is -2.03. The molecule has 0 radical (unpaired) electrons. The van der Waals surface area contributed by atoms with Crippen LogP contribution in [0.2, 0.25) is 0 Å². The molecule has 2 rings (SSSR count). The van der Waals surface area contributed by atoms with E-state index in [0.29, 0.717) is 22.6 Å². The number of phenols is 2. The summed E-state index contributed by atoms with van der Waals surface area (Å²) in [5, 5.41) is 27.2. The molecule has 0 fully saturated rings. The van der Waals surface area contributed by atoms with E-state index in [4.69, 9.17) is 14.6 Å². The summed E-state index contributed by atoms with van der Waals surface area (Å²) in [6, 6.07) is 9.34. The van der Waals surface area contributed by atoms with E-state index in [9.17, 15) is 29.4 Å². The minimum absolute atomic E-state index is 0.00662. The van der Waals surface area contributed by atoms with E-state index >= 15 is 0 Å². The van der Waals surface area contributed by atoms with Crippen LogP contribution >= 0.6 is 0 Å². The second-order valence-corrected chi connectivity index (χ2v) is 6.88. The van der Waals surface area contributed by atoms with Gasteiger partial charge in [-0.2, -0.15) is 0 Å². The molecule has 0 saturated heterocycles. The number of rotatable bonds is 10. The first-order valence-electron chi connectivity index (χ1n) is 10.3. The number of allylic oxidation sites excluding steroid dienone is 2. The van der Waals surface area contributed by atoms with Crippen LogP contribution in [0, 0.1) is 0 Å². The van der Waals surface area contributed by atoms with Gasteiger partial charge in [-0.05, 0) is 54.0 Å². The molecule has 0 amide bonds. The Balaban J connectivity index is 0.000000658. The zero-order chi connectivity index (χ0) is 26.4. The molecular weight excluding hydrogens is 456 g/mol. The van der Waals surface area contributed by atoms with Crippen molar-refractivity contribution < 1.29 is 44.0 Å². The summed E-state index contributed by atoms with van der Waals surface area (Å²) in [5.41, 5.74) is 1.12. The molecule has 0 aromatic heterocycles. The molecule has 0 spiro atoms. The largest absolute Gasteiger partial charge is 0.504 e. The summed E-state index contributed by atoms with van der Waals surface area (Å²) < 4.78 is 10.00. The molecule has 0 bridgehead atoms. The molecule has 9 nitrogen and oxygen atoms in total. The molecule has 184 valence electrons. The Hall–Kier alpha value is -4.62. The van der Waals surface area contributed by atoms with Gasteiger partial charge in [-0.3, -0.25) is 9.59 Å². The van der Waals surface area contributed by atoms with Crippen LogP contribution in [0.3, 0.4) is 0 Å². The number of ether oxygens (including phenoxy) is 2. The highest BCUT2D eigenvalue weighted by atomic mass is 16.5. The maximum atomic E-state index is 11.9. The Labute approximate surface area is 202 Å². The Morgan fingerprint density at radius 2 is 1.29 bits per heavy atom. The van der Waals surface area contributed by atoms with E-state index in [0.717, 1.165) is 0 Å². The fourth-order valence-electron chi connectivity index (χ4n) is 2.53. The maximum absolute atomic E-state index is 11.9. The van der Waals surface area contributed by atoms with Gasteiger partial charge in [-0.25, -0.2) is 9.59 Å². The zero-order valence-electron chi connectivity index (χ0n) is 19.5. The van der Waals surface area contributed by atoms with Gasteiger partial charge >= 0.3 is 5.97 Å². The summed E-state index contributed by atoms with van der Waals surface area (Å²) in [7, 11) is 2.87. The maximum Gasteiger partial charge on any atom is 0.342 e. The van der Waals surface area contributed by atoms with Crippen LogP contribution in [0.25, 0.3) is 12.2 Å². The first-order valence-corrected chi connectivity index (χ1v) is 10.3. The van der Waals surface area contributed by atoms with Crippen LogP contribution in [0.4, 0.5) is 0 Å². The lowest BCUT2D eigenvalue weighted by molar-refractivity contribution is -0.132. The molecule has 2 aromatic carbocycles. The molecule has 0 aliphatic heterocycles. The van der Waals surface area contributed by atoms with Crippen LogP contribution in [-0.4, -0.2) is 53.0 Å². The van der Waals surface area contributed by atoms with E-state index in [1.165, 1.54) is 44.4 Å². The van der Waals surface area contributed by atoms with E-state index in [-0.39, 0.29) is 41.5 Å². The van der Waals surface area contributed by atoms with Crippen molar-refractivity contribution in [2.45, 2.75) is 19.8 Å². The number of phenolic OH excluding ortho intramolecular Hbond substituents is 2. The second kappa shape index (κ2) is 14.5. The number of hydrogen-bond donors (Lipinski definition) is 3. The molecule has 0 atom stereocenters. The topological polar surface area (TPSA) is 147 Å². The fourth-order valence-corrected chi connectivity index (χ4v) is 2.53. The third-order valence-electron chi connectivity index (χ3n) is 4.41. The number of carbonyl (C=O) groups excluding carboxylic acids is 3. The highest BCUT2D eigenvalue weighted by Gasteiger charge is 2.06. The number of benzene rings is 2. The lowest BCUT2D eigenvalue weighted by atomic mass is 10.1. The number of aliphatic carboxylic acids is 1. The Morgan fingerprint density at radius 1 is 0.857 bits per heavy atom. The van der Waals surface area contributed by atoms with Gasteiger partial charge in [0, 0.05) is 0 Å². The number of carboxylic acid groups (broad SMARTS) is 1. The van der Waals surface area contributed by atoms with Crippen molar-refractivity contribution >= 4 is 35.6 Å². The summed E-state index contributed by atoms with van der Waals surface area (Å²) in [6.07, 6.45) is 5.68. The average molecular weight is 482 g/mol. The Bertz CT molecular complexity index is 1100. The van der Waals surface area contributed by atoms with Crippen molar-refractivity contribution in [3.63, 3.8) is 0 Å². The van der Waals surface area contributed by atoms with Crippen molar-refractivity contribution in [3.05, 3.63) is 65.3 Å². The van der Waals surface area contributed by atoms with Gasteiger partial charge in [0.25, 0.3) is 0 Å². The SMILES string of the molecule is CCC(=C=O)C(=O)O.COc1cc(C=CC(=O)CC(=O)C=Cc2ccc(O)c(OC)c2)ccc1O. The van der Waals surface area contributed by atoms with Gasteiger partial charge in [0.2, 0.25) is 0 Å². The van der Waals surface area contributed by atoms with Crippen LogP contribution in [0.1, 0.15) is 30.9 Å². The molecule has 0 unspecified atom stereocenters. The minimum Gasteiger partial charge on any atom is -0.504 e. The Morgan fingerprint density at radius 3 is 1.57 bits per heavy atom. The third kappa shape index (κ3) is 9.81. The normalized spacial score (nSPS) is 10.3. The summed E-state index contributed by atoms with van der Waals surface area (Å²) in [4.78, 5) is 43.4. The molecule has 0 aliphatic rings. The van der Waals surface area contributed by atoms with E-state index in [1.54, 1.807) is 43.3 Å². The van der Waals surface area contributed by atoms with E-state index in [1.807, 2.05) is 0 Å². The highest BCUT2D eigenvalue weighted by Crippen LogP contribution is 2.27. The van der Waals surface area contributed by atoms with Gasteiger partial charge in [-0.15, -0.1) is 0 Å². The monoisotopic (exact) mass is 482 g/mol. The molecule has 35 heavy (non-hydrogen) atoms. The standard InChI is InChI=1S/C21H20O6.C5H6O3/c1-26-20-11-14(5-9-18(20)24)3-7-16(22)13-17(23)8-4-15-6-10-19(25)21(12-15)27-2;1-2-4(3-6)5(7)8/h3-12,24-25H,13H2,1-2H3;2H2,1H3,(H,7,8). The van der Waals surface area contributed by atoms with Gasteiger partial charge < -0.3 is 24.8 Å². The average Bonchev–Trinajstić information content (AvgIpc) is 2.84. The summed E-state index contributed by atoms with van der Waals surface area (Å²) >= 11 is 0.